The normalized spacial score (nSPS) is 29.9. The molecule has 10 nitrogen and oxygen atoms in total. The Morgan fingerprint density at radius 3 is 2.17 bits per heavy atom. The Hall–Kier alpha value is -3.92. The number of nitrogens with zero attached hydrogens (tertiary/aromatic N) is 2. The third-order valence-electron chi connectivity index (χ3n) is 10.6. The zero-order chi connectivity index (χ0) is 31.7. The van der Waals surface area contributed by atoms with E-state index in [2.05, 4.69) is 20.9 Å². The van der Waals surface area contributed by atoms with Crippen molar-refractivity contribution in [1.82, 2.24) is 25.8 Å². The van der Waals surface area contributed by atoms with Gasteiger partial charge >= 0.3 is 0 Å². The van der Waals surface area contributed by atoms with E-state index in [9.17, 15) is 19.2 Å². The van der Waals surface area contributed by atoms with E-state index in [1.54, 1.807) is 4.90 Å². The lowest BCUT2D eigenvalue weighted by Crippen LogP contribution is -2.70. The SMILES string of the molecule is O=C1N[C@@H](CCN2CCCCC2)C(=O)N[C@H](C(=O)NC23CC(C2)C3)Cc2cccc(c2)Oc2cccc(c2)CC1N1CCCC1=O. The van der Waals surface area contributed by atoms with E-state index in [4.69, 9.17) is 4.74 Å². The molecule has 6 aliphatic rings. The van der Waals surface area contributed by atoms with Gasteiger partial charge in [-0.2, -0.15) is 0 Å². The fourth-order valence-electron chi connectivity index (χ4n) is 7.90. The third-order valence-corrected chi connectivity index (χ3v) is 10.6. The number of ether oxygens (including phenoxy) is 1. The monoisotopic (exact) mass is 627 g/mol. The molecule has 3 aliphatic heterocycles. The first-order chi connectivity index (χ1) is 22.3. The minimum atomic E-state index is -0.853. The van der Waals surface area contributed by atoms with Crippen LogP contribution in [-0.2, 0) is 32.0 Å². The summed E-state index contributed by atoms with van der Waals surface area (Å²) in [5.74, 6) is 0.953. The van der Waals surface area contributed by atoms with Crippen molar-refractivity contribution in [1.29, 1.82) is 0 Å². The maximum Gasteiger partial charge on any atom is 0.243 e. The molecule has 6 bridgehead atoms. The van der Waals surface area contributed by atoms with Crippen LogP contribution in [0.4, 0.5) is 0 Å². The van der Waals surface area contributed by atoms with E-state index >= 15 is 0 Å². The van der Waals surface area contributed by atoms with Gasteiger partial charge < -0.3 is 30.5 Å². The summed E-state index contributed by atoms with van der Waals surface area (Å²) in [5.41, 5.74) is 1.58. The zero-order valence-electron chi connectivity index (χ0n) is 26.5. The van der Waals surface area contributed by atoms with Crippen LogP contribution in [0.3, 0.4) is 0 Å². The number of benzene rings is 2. The minimum Gasteiger partial charge on any atom is -0.457 e. The average Bonchev–Trinajstić information content (AvgIpc) is 3.44. The van der Waals surface area contributed by atoms with Crippen molar-refractivity contribution in [2.24, 2.45) is 5.92 Å². The summed E-state index contributed by atoms with van der Waals surface area (Å²) in [7, 11) is 0. The third kappa shape index (κ3) is 6.77. The van der Waals surface area contributed by atoms with Crippen molar-refractivity contribution in [2.45, 2.75) is 94.3 Å². The maximum absolute atomic E-state index is 14.1. The Morgan fingerprint density at radius 2 is 1.54 bits per heavy atom. The molecule has 3 heterocycles. The number of rotatable bonds is 6. The summed E-state index contributed by atoms with van der Waals surface area (Å²) in [6.45, 7) is 3.09. The highest BCUT2D eigenvalue weighted by atomic mass is 16.5. The molecule has 244 valence electrons. The van der Waals surface area contributed by atoms with Gasteiger partial charge in [-0.15, -0.1) is 0 Å². The van der Waals surface area contributed by atoms with Crippen molar-refractivity contribution < 1.29 is 23.9 Å². The topological polar surface area (TPSA) is 120 Å². The second-order valence-corrected chi connectivity index (χ2v) is 14.1. The Morgan fingerprint density at radius 1 is 0.848 bits per heavy atom. The lowest BCUT2D eigenvalue weighted by atomic mass is 9.50. The van der Waals surface area contributed by atoms with E-state index in [1.165, 1.54) is 6.42 Å². The van der Waals surface area contributed by atoms with E-state index in [0.29, 0.717) is 56.2 Å². The van der Waals surface area contributed by atoms with Crippen LogP contribution >= 0.6 is 0 Å². The molecular weight excluding hydrogens is 582 g/mol. The number of nitrogens with one attached hydrogen (secondary N) is 3. The number of carbonyl (C=O) groups is 4. The largest absolute Gasteiger partial charge is 0.457 e. The van der Waals surface area contributed by atoms with Crippen LogP contribution in [0.5, 0.6) is 11.5 Å². The number of fused-ring (bicyclic) bond motifs is 4. The van der Waals surface area contributed by atoms with Gasteiger partial charge in [0.1, 0.15) is 29.6 Å². The van der Waals surface area contributed by atoms with E-state index in [-0.39, 0.29) is 35.6 Å². The Bertz CT molecular complexity index is 1470. The lowest BCUT2D eigenvalue weighted by molar-refractivity contribution is -0.140. The van der Waals surface area contributed by atoms with Crippen molar-refractivity contribution in [3.05, 3.63) is 59.7 Å². The smallest absolute Gasteiger partial charge is 0.243 e. The van der Waals surface area contributed by atoms with Crippen molar-refractivity contribution in [3.63, 3.8) is 0 Å². The summed E-state index contributed by atoms with van der Waals surface area (Å²) in [6, 6.07) is 12.8. The van der Waals surface area contributed by atoms with Crippen LogP contribution in [0.15, 0.2) is 48.5 Å². The second-order valence-electron chi connectivity index (χ2n) is 14.1. The average molecular weight is 628 g/mol. The molecule has 0 radical (unpaired) electrons. The first-order valence-corrected chi connectivity index (χ1v) is 17.1. The molecule has 10 heteroatoms. The number of likely N-dealkylation sites (tertiary alicyclic amines) is 2. The fraction of sp³-hybridized carbons (Fsp3) is 0.556. The molecule has 2 aromatic carbocycles. The van der Waals surface area contributed by atoms with Crippen LogP contribution < -0.4 is 20.7 Å². The van der Waals surface area contributed by atoms with E-state index < -0.39 is 18.1 Å². The van der Waals surface area contributed by atoms with Gasteiger partial charge in [0.15, 0.2) is 0 Å². The Labute approximate surface area is 270 Å². The highest BCUT2D eigenvalue weighted by molar-refractivity contribution is 5.95. The number of carbonyl (C=O) groups excluding carboxylic acids is 4. The summed E-state index contributed by atoms with van der Waals surface area (Å²) in [4.78, 5) is 58.9. The first-order valence-electron chi connectivity index (χ1n) is 17.1. The van der Waals surface area contributed by atoms with Gasteiger partial charge in [0.25, 0.3) is 0 Å². The maximum atomic E-state index is 14.1. The van der Waals surface area contributed by atoms with Gasteiger partial charge in [-0.1, -0.05) is 30.7 Å². The van der Waals surface area contributed by atoms with Gasteiger partial charge in [-0.3, -0.25) is 19.2 Å². The van der Waals surface area contributed by atoms with Crippen LogP contribution in [0.2, 0.25) is 0 Å². The summed E-state index contributed by atoms with van der Waals surface area (Å²) in [5, 5.41) is 9.35. The molecule has 5 fully saturated rings. The quantitative estimate of drug-likeness (QED) is 0.453. The molecule has 8 rings (SSSR count). The highest BCUT2D eigenvalue weighted by Crippen LogP contribution is 2.56. The van der Waals surface area contributed by atoms with Gasteiger partial charge in [-0.25, -0.2) is 0 Å². The minimum absolute atomic E-state index is 0.0570. The van der Waals surface area contributed by atoms with Crippen molar-refractivity contribution in [3.8, 4) is 11.5 Å². The Kier molecular flexibility index (Phi) is 8.72. The molecule has 3 atom stereocenters. The zero-order valence-corrected chi connectivity index (χ0v) is 26.5. The molecule has 3 saturated carbocycles. The van der Waals surface area contributed by atoms with Gasteiger partial charge in [0, 0.05) is 37.9 Å². The summed E-state index contributed by atoms with van der Waals surface area (Å²) < 4.78 is 6.23. The van der Waals surface area contributed by atoms with Crippen LogP contribution in [0.1, 0.15) is 68.9 Å². The number of hydrogen-bond donors (Lipinski definition) is 3. The first kappa shape index (κ1) is 30.7. The number of hydrogen-bond acceptors (Lipinski definition) is 6. The molecule has 46 heavy (non-hydrogen) atoms. The number of piperidine rings is 1. The predicted octanol–water partition coefficient (Wildman–Crippen LogP) is 3.08. The van der Waals surface area contributed by atoms with E-state index in [1.807, 2.05) is 48.5 Å². The van der Waals surface area contributed by atoms with Crippen LogP contribution in [0, 0.1) is 5.92 Å². The van der Waals surface area contributed by atoms with Gasteiger partial charge in [0.2, 0.25) is 23.6 Å². The molecular formula is C36H45N5O5. The predicted molar refractivity (Wildman–Crippen MR) is 172 cm³/mol. The van der Waals surface area contributed by atoms with Crippen LogP contribution in [-0.4, -0.2) is 83.3 Å². The summed E-state index contributed by atoms with van der Waals surface area (Å²) in [6.07, 6.45) is 8.51. The molecule has 2 saturated heterocycles. The molecule has 0 spiro atoms. The van der Waals surface area contributed by atoms with Crippen LogP contribution in [0.25, 0.3) is 0 Å². The molecule has 1 unspecified atom stereocenters. The van der Waals surface area contributed by atoms with Crippen molar-refractivity contribution in [2.75, 3.05) is 26.2 Å². The molecule has 3 N–H and O–H groups in total. The fourth-order valence-corrected chi connectivity index (χ4v) is 7.90. The van der Waals surface area contributed by atoms with Gasteiger partial charge in [0.05, 0.1) is 0 Å². The molecule has 4 amide bonds. The second kappa shape index (κ2) is 13.1. The summed E-state index contributed by atoms with van der Waals surface area (Å²) >= 11 is 0. The van der Waals surface area contributed by atoms with Crippen molar-refractivity contribution >= 4 is 23.6 Å². The standard InChI is InChI=1S/C36H45N5O5/c42-32-11-6-15-41(32)31-20-25-8-5-10-28(18-25)46-27-9-4-7-24(17-27)19-30(34(44)39-36-21-26(22-36)23-36)38-33(43)29(37-35(31)45)12-16-40-13-2-1-3-14-40/h4-5,7-10,17-18,26,29-31H,1-3,6,11-16,19-23H2,(H,37,45)(H,38,43)(H,39,44)/t26?,29-,30-,31?,36?/m0/s1. The number of amides is 4. The Balaban J connectivity index is 1.21. The molecule has 3 aliphatic carbocycles. The lowest BCUT2D eigenvalue weighted by Gasteiger charge is -2.62. The van der Waals surface area contributed by atoms with Gasteiger partial charge in [-0.05, 0) is 99.3 Å². The molecule has 2 aromatic rings. The highest BCUT2D eigenvalue weighted by Gasteiger charge is 2.57. The van der Waals surface area contributed by atoms with E-state index in [0.717, 1.165) is 56.3 Å². The molecule has 0 aromatic heterocycles.